The molecule has 2 heterocycles. The first-order chi connectivity index (χ1) is 14.5. The highest BCUT2D eigenvalue weighted by Gasteiger charge is 2.28. The smallest absolute Gasteiger partial charge is 0.333 e. The molecule has 3 aromatic rings. The molecule has 154 valence electrons. The Hall–Kier alpha value is -3.35. The zero-order chi connectivity index (χ0) is 21.3. The molecule has 0 saturated carbocycles. The van der Waals surface area contributed by atoms with Crippen LogP contribution in [0.5, 0.6) is 0 Å². The SMILES string of the molecule is C=CC(=O)N1CCC(c2ccc(-c3ccc(F)cc3)cc2-c2ccn(C(F)F)n2)C1. The van der Waals surface area contributed by atoms with E-state index in [2.05, 4.69) is 11.7 Å². The molecule has 0 radical (unpaired) electrons. The summed E-state index contributed by atoms with van der Waals surface area (Å²) >= 11 is 0. The molecule has 4 rings (SSSR count). The van der Waals surface area contributed by atoms with Crippen molar-refractivity contribution in [3.63, 3.8) is 0 Å². The van der Waals surface area contributed by atoms with Crippen LogP contribution in [0.25, 0.3) is 22.4 Å². The lowest BCUT2D eigenvalue weighted by atomic mass is 9.89. The second kappa shape index (κ2) is 8.18. The number of likely N-dealkylation sites (tertiary alicyclic amines) is 1. The van der Waals surface area contributed by atoms with Crippen molar-refractivity contribution in [2.45, 2.75) is 18.9 Å². The molecule has 4 nitrogen and oxygen atoms in total. The largest absolute Gasteiger partial charge is 0.339 e. The van der Waals surface area contributed by atoms with Gasteiger partial charge in [-0.1, -0.05) is 30.8 Å². The first-order valence-corrected chi connectivity index (χ1v) is 9.61. The standard InChI is InChI=1S/C23H20F3N3O/c1-2-22(30)28-11-9-17(14-28)19-8-5-16(15-3-6-18(24)7-4-15)13-20(19)21-10-12-29(27-21)23(25)26/h2-8,10,12-13,17,23H,1,9,11,14H2. The molecule has 0 N–H and O–H groups in total. The third kappa shape index (κ3) is 3.87. The molecule has 1 aromatic heterocycles. The molecule has 0 spiro atoms. The van der Waals surface area contributed by atoms with E-state index in [4.69, 9.17) is 0 Å². The molecule has 1 aliphatic rings. The fourth-order valence-corrected chi connectivity index (χ4v) is 3.89. The average molecular weight is 411 g/mol. The highest BCUT2D eigenvalue weighted by atomic mass is 19.3. The fourth-order valence-electron chi connectivity index (χ4n) is 3.89. The molecule has 1 amide bonds. The van der Waals surface area contributed by atoms with Crippen molar-refractivity contribution in [1.82, 2.24) is 14.7 Å². The monoisotopic (exact) mass is 411 g/mol. The molecule has 1 atom stereocenters. The summed E-state index contributed by atoms with van der Waals surface area (Å²) in [7, 11) is 0. The minimum absolute atomic E-state index is 0.0582. The van der Waals surface area contributed by atoms with Crippen LogP contribution in [0.3, 0.4) is 0 Å². The Kier molecular flexibility index (Phi) is 5.44. The van der Waals surface area contributed by atoms with Gasteiger partial charge in [-0.3, -0.25) is 4.79 Å². The van der Waals surface area contributed by atoms with E-state index in [1.54, 1.807) is 23.1 Å². The summed E-state index contributed by atoms with van der Waals surface area (Å²) in [5.41, 5.74) is 3.75. The minimum atomic E-state index is -2.73. The number of hydrogen-bond acceptors (Lipinski definition) is 2. The van der Waals surface area contributed by atoms with Crippen LogP contribution >= 0.6 is 0 Å². The van der Waals surface area contributed by atoms with Crippen LogP contribution in [0.4, 0.5) is 13.2 Å². The highest BCUT2D eigenvalue weighted by molar-refractivity contribution is 5.87. The summed E-state index contributed by atoms with van der Waals surface area (Å²) in [5.74, 6) is -0.393. The number of halogens is 3. The van der Waals surface area contributed by atoms with E-state index in [-0.39, 0.29) is 17.6 Å². The normalized spacial score (nSPS) is 16.3. The van der Waals surface area contributed by atoms with Crippen molar-refractivity contribution >= 4 is 5.91 Å². The van der Waals surface area contributed by atoms with Gasteiger partial charge >= 0.3 is 6.55 Å². The highest BCUT2D eigenvalue weighted by Crippen LogP contribution is 2.37. The Balaban J connectivity index is 1.76. The summed E-state index contributed by atoms with van der Waals surface area (Å²) < 4.78 is 40.1. The van der Waals surface area contributed by atoms with Crippen molar-refractivity contribution in [3.05, 3.63) is 78.8 Å². The number of rotatable bonds is 5. The van der Waals surface area contributed by atoms with Gasteiger partial charge in [-0.05, 0) is 53.5 Å². The first kappa shape index (κ1) is 19.9. The van der Waals surface area contributed by atoms with Crippen LogP contribution in [0.1, 0.15) is 24.5 Å². The number of alkyl halides is 2. The lowest BCUT2D eigenvalue weighted by Crippen LogP contribution is -2.26. The lowest BCUT2D eigenvalue weighted by Gasteiger charge is -2.18. The summed E-state index contributed by atoms with van der Waals surface area (Å²) in [6.45, 7) is 1.95. The number of aromatic nitrogens is 2. The van der Waals surface area contributed by atoms with E-state index >= 15 is 0 Å². The zero-order valence-corrected chi connectivity index (χ0v) is 16.1. The van der Waals surface area contributed by atoms with Crippen molar-refractivity contribution in [1.29, 1.82) is 0 Å². The molecule has 1 saturated heterocycles. The van der Waals surface area contributed by atoms with Crippen molar-refractivity contribution in [2.24, 2.45) is 0 Å². The molecule has 1 fully saturated rings. The minimum Gasteiger partial charge on any atom is -0.339 e. The van der Waals surface area contributed by atoms with Gasteiger partial charge < -0.3 is 4.90 Å². The van der Waals surface area contributed by atoms with E-state index in [0.29, 0.717) is 23.5 Å². The van der Waals surface area contributed by atoms with E-state index in [1.807, 2.05) is 18.2 Å². The second-order valence-corrected chi connectivity index (χ2v) is 7.24. The fraction of sp³-hybridized carbons (Fsp3) is 0.217. The lowest BCUT2D eigenvalue weighted by molar-refractivity contribution is -0.125. The topological polar surface area (TPSA) is 38.1 Å². The van der Waals surface area contributed by atoms with Crippen LogP contribution in [-0.2, 0) is 4.79 Å². The number of nitrogens with zero attached hydrogens (tertiary/aromatic N) is 3. The third-order valence-electron chi connectivity index (χ3n) is 5.43. The van der Waals surface area contributed by atoms with Gasteiger partial charge in [-0.15, -0.1) is 0 Å². The summed E-state index contributed by atoms with van der Waals surface area (Å²) in [4.78, 5) is 13.7. The van der Waals surface area contributed by atoms with Gasteiger partial charge in [0, 0.05) is 30.8 Å². The number of benzene rings is 2. The molecule has 1 aliphatic heterocycles. The molecule has 0 bridgehead atoms. The Labute approximate surface area is 172 Å². The van der Waals surface area contributed by atoms with Crippen LogP contribution in [0.2, 0.25) is 0 Å². The quantitative estimate of drug-likeness (QED) is 0.538. The van der Waals surface area contributed by atoms with Crippen LogP contribution in [0.15, 0.2) is 67.4 Å². The molecular weight excluding hydrogens is 391 g/mol. The van der Waals surface area contributed by atoms with Gasteiger partial charge in [0.05, 0.1) is 5.69 Å². The van der Waals surface area contributed by atoms with Gasteiger partial charge in [-0.25, -0.2) is 9.07 Å². The maximum Gasteiger partial charge on any atom is 0.333 e. The van der Waals surface area contributed by atoms with Gasteiger partial charge in [-0.2, -0.15) is 13.9 Å². The Morgan fingerprint density at radius 2 is 1.87 bits per heavy atom. The maximum atomic E-state index is 13.3. The molecule has 0 aliphatic carbocycles. The molecule has 7 heteroatoms. The van der Waals surface area contributed by atoms with Crippen LogP contribution < -0.4 is 0 Å². The Morgan fingerprint density at radius 3 is 2.53 bits per heavy atom. The predicted molar refractivity (Wildman–Crippen MR) is 108 cm³/mol. The number of amides is 1. The first-order valence-electron chi connectivity index (χ1n) is 9.61. The summed E-state index contributed by atoms with van der Waals surface area (Å²) in [6, 6.07) is 13.4. The van der Waals surface area contributed by atoms with E-state index in [1.165, 1.54) is 24.4 Å². The molecular formula is C23H20F3N3O. The molecule has 30 heavy (non-hydrogen) atoms. The number of carbonyl (C=O) groups is 1. The van der Waals surface area contributed by atoms with Crippen LogP contribution in [-0.4, -0.2) is 33.7 Å². The van der Waals surface area contributed by atoms with Crippen molar-refractivity contribution in [3.8, 4) is 22.4 Å². The molecule has 1 unspecified atom stereocenters. The molecule has 2 aromatic carbocycles. The van der Waals surface area contributed by atoms with Gasteiger partial charge in [0.1, 0.15) is 5.82 Å². The van der Waals surface area contributed by atoms with Gasteiger partial charge in [0.2, 0.25) is 5.91 Å². The van der Waals surface area contributed by atoms with E-state index < -0.39 is 6.55 Å². The average Bonchev–Trinajstić information content (AvgIpc) is 3.43. The second-order valence-electron chi connectivity index (χ2n) is 7.24. The van der Waals surface area contributed by atoms with Gasteiger partial charge in [0.25, 0.3) is 0 Å². The number of hydrogen-bond donors (Lipinski definition) is 0. The Morgan fingerprint density at radius 1 is 1.13 bits per heavy atom. The van der Waals surface area contributed by atoms with E-state index in [0.717, 1.165) is 28.7 Å². The summed E-state index contributed by atoms with van der Waals surface area (Å²) in [6.07, 6.45) is 3.31. The number of carbonyl (C=O) groups excluding carboxylic acids is 1. The summed E-state index contributed by atoms with van der Waals surface area (Å²) in [5, 5.41) is 4.04. The van der Waals surface area contributed by atoms with E-state index in [9.17, 15) is 18.0 Å². The Bertz CT molecular complexity index is 1080. The van der Waals surface area contributed by atoms with Crippen LogP contribution in [0, 0.1) is 5.82 Å². The predicted octanol–water partition coefficient (Wildman–Crippen LogP) is 5.25. The third-order valence-corrected chi connectivity index (χ3v) is 5.43. The van der Waals surface area contributed by atoms with Gasteiger partial charge in [0.15, 0.2) is 0 Å². The zero-order valence-electron chi connectivity index (χ0n) is 16.1. The van der Waals surface area contributed by atoms with Crippen molar-refractivity contribution in [2.75, 3.05) is 13.1 Å². The maximum absolute atomic E-state index is 13.3. The van der Waals surface area contributed by atoms with Crippen molar-refractivity contribution < 1.29 is 18.0 Å².